The molecule has 0 amide bonds. The van der Waals surface area contributed by atoms with Gasteiger partial charge in [0.25, 0.3) is 0 Å². The summed E-state index contributed by atoms with van der Waals surface area (Å²) in [5.74, 6) is 4.66. The smallest absolute Gasteiger partial charge is 0.343 e. The highest BCUT2D eigenvalue weighted by atomic mass is 16.6. The Morgan fingerprint density at radius 2 is 1.83 bits per heavy atom. The fourth-order valence-electron chi connectivity index (χ4n) is 9.83. The third-order valence-electron chi connectivity index (χ3n) is 11.7. The summed E-state index contributed by atoms with van der Waals surface area (Å²) >= 11 is 0. The Bertz CT molecular complexity index is 1280. The number of rotatable bonds is 5. The molecule has 8 atom stereocenters. The lowest BCUT2D eigenvalue weighted by molar-refractivity contribution is -0.133. The summed E-state index contributed by atoms with van der Waals surface area (Å²) in [5, 5.41) is 12.1. The Balaban J connectivity index is 1.25. The molecule has 0 spiro atoms. The van der Waals surface area contributed by atoms with Gasteiger partial charge in [0.15, 0.2) is 11.5 Å². The van der Waals surface area contributed by atoms with Gasteiger partial charge in [-0.1, -0.05) is 69.4 Å². The average molecular weight is 574 g/mol. The Morgan fingerprint density at radius 1 is 1.05 bits per heavy atom. The summed E-state index contributed by atoms with van der Waals surface area (Å²) in [7, 11) is 1.59. The van der Waals surface area contributed by atoms with E-state index in [4.69, 9.17) is 14.2 Å². The van der Waals surface area contributed by atoms with E-state index in [0.29, 0.717) is 46.5 Å². The van der Waals surface area contributed by atoms with Gasteiger partial charge in [-0.15, -0.1) is 0 Å². The van der Waals surface area contributed by atoms with Gasteiger partial charge in [0.1, 0.15) is 5.76 Å². The number of hydrogen-bond donors (Lipinski definition) is 1. The number of piperidine rings is 1. The molecule has 2 saturated carbocycles. The molecule has 226 valence electrons. The van der Waals surface area contributed by atoms with Crippen molar-refractivity contribution in [1.29, 1.82) is 0 Å². The van der Waals surface area contributed by atoms with Crippen LogP contribution in [-0.2, 0) is 19.0 Å². The van der Waals surface area contributed by atoms with Crippen LogP contribution in [-0.4, -0.2) is 47.8 Å². The van der Waals surface area contributed by atoms with Crippen molar-refractivity contribution in [3.8, 4) is 0 Å². The molecule has 4 fully saturated rings. The monoisotopic (exact) mass is 573 g/mol. The molecule has 6 nitrogen and oxygen atoms in total. The van der Waals surface area contributed by atoms with Crippen molar-refractivity contribution in [2.45, 2.75) is 102 Å². The zero-order valence-corrected chi connectivity index (χ0v) is 25.5. The molecule has 1 aromatic rings. The van der Waals surface area contributed by atoms with Gasteiger partial charge >= 0.3 is 5.97 Å². The van der Waals surface area contributed by atoms with Crippen molar-refractivity contribution in [1.82, 2.24) is 4.90 Å². The number of carbonyl (C=O) groups is 1. The number of aliphatic hydroxyl groups is 1. The van der Waals surface area contributed by atoms with E-state index in [-0.39, 0.29) is 36.0 Å². The molecule has 4 aliphatic heterocycles. The topological polar surface area (TPSA) is 68.2 Å². The number of esters is 1. The predicted molar refractivity (Wildman–Crippen MR) is 161 cm³/mol. The molecule has 42 heavy (non-hydrogen) atoms. The number of nitrogens with zero attached hydrogens (tertiary/aromatic N) is 1. The van der Waals surface area contributed by atoms with Crippen molar-refractivity contribution in [2.75, 3.05) is 13.7 Å². The molecule has 4 heterocycles. The largest absolute Gasteiger partial charge is 0.492 e. The maximum absolute atomic E-state index is 12.5. The van der Waals surface area contributed by atoms with Crippen molar-refractivity contribution in [3.63, 3.8) is 0 Å². The van der Waals surface area contributed by atoms with E-state index >= 15 is 0 Å². The van der Waals surface area contributed by atoms with Gasteiger partial charge in [0.05, 0.1) is 18.8 Å². The zero-order valence-electron chi connectivity index (χ0n) is 25.5. The van der Waals surface area contributed by atoms with Gasteiger partial charge in [-0.25, -0.2) is 4.79 Å². The summed E-state index contributed by atoms with van der Waals surface area (Å²) in [4.78, 5) is 15.2. The van der Waals surface area contributed by atoms with Crippen LogP contribution < -0.4 is 0 Å². The highest BCUT2D eigenvalue weighted by molar-refractivity contribution is 5.93. The minimum atomic E-state index is -0.365. The predicted octanol–water partition coefficient (Wildman–Crippen LogP) is 6.83. The van der Waals surface area contributed by atoms with Crippen LogP contribution in [0.15, 0.2) is 65.0 Å². The van der Waals surface area contributed by atoms with Gasteiger partial charge in [-0.2, -0.15) is 0 Å². The third kappa shape index (κ3) is 4.73. The maximum Gasteiger partial charge on any atom is 0.343 e. The van der Waals surface area contributed by atoms with Crippen LogP contribution in [0.2, 0.25) is 0 Å². The molecule has 1 aromatic carbocycles. The van der Waals surface area contributed by atoms with Gasteiger partial charge < -0.3 is 19.3 Å². The first-order valence-corrected chi connectivity index (χ1v) is 16.5. The van der Waals surface area contributed by atoms with E-state index < -0.39 is 0 Å². The molecule has 2 saturated heterocycles. The van der Waals surface area contributed by atoms with E-state index in [2.05, 4.69) is 48.2 Å². The van der Waals surface area contributed by atoms with Crippen LogP contribution in [0.25, 0.3) is 0 Å². The van der Waals surface area contributed by atoms with Crippen LogP contribution >= 0.6 is 0 Å². The van der Waals surface area contributed by atoms with E-state index in [1.165, 1.54) is 50.5 Å². The van der Waals surface area contributed by atoms with E-state index in [0.717, 1.165) is 31.6 Å². The van der Waals surface area contributed by atoms with Crippen LogP contribution in [0, 0.1) is 29.6 Å². The molecule has 0 radical (unpaired) electrons. The van der Waals surface area contributed by atoms with Crippen LogP contribution in [0.5, 0.6) is 0 Å². The molecule has 0 aromatic heterocycles. The Labute approximate surface area is 250 Å². The zero-order chi connectivity index (χ0) is 29.0. The number of methoxy groups -OCH3 is 1. The number of aliphatic hydroxyl groups excluding tert-OH is 1. The van der Waals surface area contributed by atoms with Crippen molar-refractivity contribution in [3.05, 3.63) is 70.6 Å². The van der Waals surface area contributed by atoms with Crippen LogP contribution in [0.4, 0.5) is 0 Å². The number of fused-ring (bicyclic) bond motifs is 4. The quantitative estimate of drug-likeness (QED) is 0.390. The maximum atomic E-state index is 12.5. The van der Waals surface area contributed by atoms with Crippen LogP contribution in [0.1, 0.15) is 89.5 Å². The number of hydrogen-bond acceptors (Lipinski definition) is 6. The summed E-state index contributed by atoms with van der Waals surface area (Å²) < 4.78 is 18.0. The van der Waals surface area contributed by atoms with E-state index in [1.807, 2.05) is 0 Å². The lowest BCUT2D eigenvalue weighted by Gasteiger charge is -2.52. The Morgan fingerprint density at radius 3 is 2.60 bits per heavy atom. The van der Waals surface area contributed by atoms with Gasteiger partial charge in [-0.3, -0.25) is 4.90 Å². The summed E-state index contributed by atoms with van der Waals surface area (Å²) in [6, 6.07) is 11.5. The molecule has 0 bridgehead atoms. The number of benzene rings is 1. The van der Waals surface area contributed by atoms with E-state index in [9.17, 15) is 9.90 Å². The van der Waals surface area contributed by atoms with Crippen molar-refractivity contribution >= 4 is 5.97 Å². The molecule has 6 heteroatoms. The molecule has 1 N–H and O–H groups in total. The first-order valence-electron chi connectivity index (χ1n) is 16.5. The Hall–Kier alpha value is -2.57. The third-order valence-corrected chi connectivity index (χ3v) is 11.7. The summed E-state index contributed by atoms with van der Waals surface area (Å²) in [6.07, 6.45) is 13.7. The molecule has 2 aliphatic carbocycles. The fraction of sp³-hybridized carbons (Fsp3) is 0.639. The second-order valence-electron chi connectivity index (χ2n) is 13.8. The summed E-state index contributed by atoms with van der Waals surface area (Å²) in [6.45, 7) is 4.92. The normalized spacial score (nSPS) is 37.8. The highest BCUT2D eigenvalue weighted by Crippen LogP contribution is 2.57. The van der Waals surface area contributed by atoms with Crippen molar-refractivity contribution in [2.24, 2.45) is 29.6 Å². The molecule has 0 unspecified atom stereocenters. The first kappa shape index (κ1) is 28.2. The first-order chi connectivity index (χ1) is 20.5. The molecule has 7 rings (SSSR count). The lowest BCUT2D eigenvalue weighted by atomic mass is 9.68. The van der Waals surface area contributed by atoms with Crippen molar-refractivity contribution < 1.29 is 24.1 Å². The highest BCUT2D eigenvalue weighted by Gasteiger charge is 2.56. The number of cyclic esters (lactones) is 1. The van der Waals surface area contributed by atoms with Gasteiger partial charge in [0, 0.05) is 30.5 Å². The molecule has 6 aliphatic rings. The minimum absolute atomic E-state index is 0.0324. The average Bonchev–Trinajstić information content (AvgIpc) is 3.61. The fourth-order valence-corrected chi connectivity index (χ4v) is 9.83. The SMILES string of the molecule is COC1=C(C)C(=O)OC1=C1OC2=CCCN3[C@H]([C@@H](O)CC4CCCCC4)[C@H]4CC[C@H](c5ccccc5)[C@@H]4C[C@@H]3[C@@H]2[C@H]1C. The molecular weight excluding hydrogens is 526 g/mol. The van der Waals surface area contributed by atoms with Gasteiger partial charge in [-0.05, 0) is 74.3 Å². The standard InChI is InChI=1S/C36H47NO5/c1-21-31-28-20-27-25(24-13-8-5-9-14-24)16-17-26(27)32(29(38)19-23-11-6-4-7-12-23)37(28)18-10-15-30(31)41-34(21)35-33(40-3)22(2)36(39)42-35/h5,8-9,13-15,21,23,25-29,31-32,38H,4,6-7,10-12,16-20H2,1-3H3/t21-,25-,26+,27+,28-,29+,31+,32+/m1/s1. The summed E-state index contributed by atoms with van der Waals surface area (Å²) in [5.41, 5.74) is 1.94. The van der Waals surface area contributed by atoms with Crippen LogP contribution in [0.3, 0.4) is 0 Å². The second-order valence-corrected chi connectivity index (χ2v) is 13.8. The van der Waals surface area contributed by atoms with E-state index in [1.54, 1.807) is 14.0 Å². The minimum Gasteiger partial charge on any atom is -0.492 e. The molecular formula is C36H47NO5. The number of carbonyl (C=O) groups excluding carboxylic acids is 1. The number of allylic oxidation sites excluding steroid dienone is 1. The second kappa shape index (κ2) is 11.5. The Kier molecular flexibility index (Phi) is 7.72. The van der Waals surface area contributed by atoms with Gasteiger partial charge in [0.2, 0.25) is 5.76 Å². The number of ether oxygens (including phenoxy) is 3. The lowest BCUT2D eigenvalue weighted by Crippen LogP contribution is -2.60.